The number of carbonyl (C=O) groups is 1. The SMILES string of the molecule is COCCCCNCCCCC(C)=O. The first-order valence-corrected chi connectivity index (χ1v) is 5.46. The van der Waals surface area contributed by atoms with E-state index in [-0.39, 0.29) is 0 Å². The average molecular weight is 201 g/mol. The number of nitrogens with one attached hydrogen (secondary N) is 1. The van der Waals surface area contributed by atoms with E-state index in [1.54, 1.807) is 14.0 Å². The maximum absolute atomic E-state index is 10.6. The van der Waals surface area contributed by atoms with E-state index in [9.17, 15) is 4.79 Å². The summed E-state index contributed by atoms with van der Waals surface area (Å²) in [6.45, 7) is 4.59. The molecular formula is C11H23NO2. The number of rotatable bonds is 10. The van der Waals surface area contributed by atoms with Gasteiger partial charge in [-0.15, -0.1) is 0 Å². The van der Waals surface area contributed by atoms with Crippen molar-refractivity contribution < 1.29 is 9.53 Å². The summed E-state index contributed by atoms with van der Waals surface area (Å²) in [5.41, 5.74) is 0. The Hall–Kier alpha value is -0.410. The van der Waals surface area contributed by atoms with Gasteiger partial charge in [-0.2, -0.15) is 0 Å². The van der Waals surface area contributed by atoms with E-state index >= 15 is 0 Å². The normalized spacial score (nSPS) is 10.4. The molecule has 0 aliphatic heterocycles. The van der Waals surface area contributed by atoms with Crippen molar-refractivity contribution in [3.63, 3.8) is 0 Å². The first kappa shape index (κ1) is 13.6. The number of hydrogen-bond donors (Lipinski definition) is 1. The molecule has 0 aliphatic rings. The van der Waals surface area contributed by atoms with Gasteiger partial charge in [0.05, 0.1) is 0 Å². The molecule has 0 bridgehead atoms. The fourth-order valence-corrected chi connectivity index (χ4v) is 1.25. The smallest absolute Gasteiger partial charge is 0.129 e. The lowest BCUT2D eigenvalue weighted by atomic mass is 10.2. The van der Waals surface area contributed by atoms with Crippen molar-refractivity contribution in [2.45, 2.75) is 39.0 Å². The first-order valence-electron chi connectivity index (χ1n) is 5.46. The van der Waals surface area contributed by atoms with Gasteiger partial charge in [-0.3, -0.25) is 0 Å². The Morgan fingerprint density at radius 1 is 1.14 bits per heavy atom. The van der Waals surface area contributed by atoms with Crippen LogP contribution in [-0.4, -0.2) is 32.6 Å². The molecule has 3 nitrogen and oxygen atoms in total. The van der Waals surface area contributed by atoms with Crippen molar-refractivity contribution in [2.75, 3.05) is 26.8 Å². The maximum Gasteiger partial charge on any atom is 0.129 e. The zero-order valence-electron chi connectivity index (χ0n) is 9.47. The average Bonchev–Trinajstić information content (AvgIpc) is 2.15. The Morgan fingerprint density at radius 2 is 1.79 bits per heavy atom. The topological polar surface area (TPSA) is 38.3 Å². The molecule has 0 aromatic rings. The highest BCUT2D eigenvalue weighted by atomic mass is 16.5. The van der Waals surface area contributed by atoms with Crippen LogP contribution >= 0.6 is 0 Å². The minimum Gasteiger partial charge on any atom is -0.385 e. The van der Waals surface area contributed by atoms with Crippen LogP contribution in [0.1, 0.15) is 39.0 Å². The van der Waals surface area contributed by atoms with Gasteiger partial charge in [0, 0.05) is 20.1 Å². The Labute approximate surface area is 87.2 Å². The van der Waals surface area contributed by atoms with Crippen LogP contribution in [-0.2, 0) is 9.53 Å². The van der Waals surface area contributed by atoms with Gasteiger partial charge in [0.1, 0.15) is 5.78 Å². The molecule has 0 heterocycles. The molecule has 0 saturated heterocycles. The van der Waals surface area contributed by atoms with Gasteiger partial charge >= 0.3 is 0 Å². The highest BCUT2D eigenvalue weighted by molar-refractivity contribution is 5.75. The summed E-state index contributed by atoms with van der Waals surface area (Å²) in [5.74, 6) is 0.296. The molecule has 0 unspecified atom stereocenters. The number of carbonyl (C=O) groups excluding carboxylic acids is 1. The fraction of sp³-hybridized carbons (Fsp3) is 0.909. The van der Waals surface area contributed by atoms with Crippen LogP contribution < -0.4 is 5.32 Å². The standard InChI is InChI=1S/C11H23NO2/c1-11(13)7-3-4-8-12-9-5-6-10-14-2/h12H,3-10H2,1-2H3. The van der Waals surface area contributed by atoms with Crippen molar-refractivity contribution in [3.8, 4) is 0 Å². The molecule has 0 saturated carbocycles. The van der Waals surface area contributed by atoms with Gasteiger partial charge in [-0.25, -0.2) is 0 Å². The van der Waals surface area contributed by atoms with Crippen molar-refractivity contribution >= 4 is 5.78 Å². The van der Waals surface area contributed by atoms with E-state index < -0.39 is 0 Å². The van der Waals surface area contributed by atoms with E-state index in [0.717, 1.165) is 45.4 Å². The summed E-state index contributed by atoms with van der Waals surface area (Å²) in [4.78, 5) is 10.6. The highest BCUT2D eigenvalue weighted by Gasteiger charge is 1.93. The molecule has 84 valence electrons. The van der Waals surface area contributed by atoms with E-state index in [0.29, 0.717) is 5.78 Å². The first-order chi connectivity index (χ1) is 6.77. The second kappa shape index (κ2) is 10.7. The molecule has 0 radical (unpaired) electrons. The van der Waals surface area contributed by atoms with E-state index in [4.69, 9.17) is 4.74 Å². The molecule has 3 heteroatoms. The highest BCUT2D eigenvalue weighted by Crippen LogP contribution is 1.94. The predicted octanol–water partition coefficient (Wildman–Crippen LogP) is 1.76. The van der Waals surface area contributed by atoms with Crippen LogP contribution in [0.15, 0.2) is 0 Å². The predicted molar refractivity (Wildman–Crippen MR) is 58.5 cm³/mol. The monoisotopic (exact) mass is 201 g/mol. The van der Waals surface area contributed by atoms with Gasteiger partial charge in [0.15, 0.2) is 0 Å². The number of unbranched alkanes of at least 4 members (excludes halogenated alkanes) is 2. The van der Waals surface area contributed by atoms with Crippen LogP contribution in [0.25, 0.3) is 0 Å². The quantitative estimate of drug-likeness (QED) is 0.547. The third-order valence-electron chi connectivity index (χ3n) is 2.08. The second-order valence-electron chi connectivity index (χ2n) is 3.61. The molecule has 0 aromatic carbocycles. The summed E-state index contributed by atoms with van der Waals surface area (Å²) in [7, 11) is 1.73. The number of Topliss-reactive ketones (excluding diaryl/α,β-unsaturated/α-hetero) is 1. The summed E-state index contributed by atoms with van der Waals surface area (Å²) in [6, 6.07) is 0. The molecule has 0 amide bonds. The molecule has 1 N–H and O–H groups in total. The molecule has 0 aliphatic carbocycles. The maximum atomic E-state index is 10.6. The second-order valence-corrected chi connectivity index (χ2v) is 3.61. The van der Waals surface area contributed by atoms with Gasteiger partial charge in [0.25, 0.3) is 0 Å². The van der Waals surface area contributed by atoms with Crippen molar-refractivity contribution in [3.05, 3.63) is 0 Å². The van der Waals surface area contributed by atoms with Crippen LogP contribution in [0, 0.1) is 0 Å². The minimum absolute atomic E-state index is 0.296. The van der Waals surface area contributed by atoms with Crippen LogP contribution in [0.3, 0.4) is 0 Å². The lowest BCUT2D eigenvalue weighted by molar-refractivity contribution is -0.117. The van der Waals surface area contributed by atoms with Crippen molar-refractivity contribution in [2.24, 2.45) is 0 Å². The Balaban J connectivity index is 2.88. The molecule has 0 rings (SSSR count). The lowest BCUT2D eigenvalue weighted by Crippen LogP contribution is -2.17. The van der Waals surface area contributed by atoms with Gasteiger partial charge in [-0.1, -0.05) is 0 Å². The lowest BCUT2D eigenvalue weighted by Gasteiger charge is -2.03. The van der Waals surface area contributed by atoms with Crippen molar-refractivity contribution in [1.29, 1.82) is 0 Å². The van der Waals surface area contributed by atoms with E-state index in [2.05, 4.69) is 5.32 Å². The molecule has 0 spiro atoms. The van der Waals surface area contributed by atoms with Gasteiger partial charge in [0.2, 0.25) is 0 Å². The van der Waals surface area contributed by atoms with E-state index in [1.807, 2.05) is 0 Å². The number of ketones is 1. The van der Waals surface area contributed by atoms with E-state index in [1.165, 1.54) is 6.42 Å². The molecule has 0 aromatic heterocycles. The number of hydrogen-bond acceptors (Lipinski definition) is 3. The Bertz CT molecular complexity index is 137. The van der Waals surface area contributed by atoms with Crippen LogP contribution in [0.5, 0.6) is 0 Å². The molecule has 0 fully saturated rings. The summed E-state index contributed by atoms with van der Waals surface area (Å²) in [5, 5.41) is 3.35. The largest absolute Gasteiger partial charge is 0.385 e. The summed E-state index contributed by atoms with van der Waals surface area (Å²) >= 11 is 0. The van der Waals surface area contributed by atoms with Crippen LogP contribution in [0.4, 0.5) is 0 Å². The molecule has 0 atom stereocenters. The third kappa shape index (κ3) is 11.6. The summed E-state index contributed by atoms with van der Waals surface area (Å²) < 4.78 is 4.95. The zero-order valence-corrected chi connectivity index (χ0v) is 9.47. The van der Waals surface area contributed by atoms with Crippen LogP contribution in [0.2, 0.25) is 0 Å². The fourth-order valence-electron chi connectivity index (χ4n) is 1.25. The molecule has 14 heavy (non-hydrogen) atoms. The Kier molecular flexibility index (Phi) is 10.4. The Morgan fingerprint density at radius 3 is 2.36 bits per heavy atom. The minimum atomic E-state index is 0.296. The van der Waals surface area contributed by atoms with Gasteiger partial charge in [-0.05, 0) is 45.7 Å². The van der Waals surface area contributed by atoms with Crippen molar-refractivity contribution in [1.82, 2.24) is 5.32 Å². The summed E-state index contributed by atoms with van der Waals surface area (Å²) in [6.07, 6.45) is 5.13. The number of ether oxygens (including phenoxy) is 1. The number of methoxy groups -OCH3 is 1. The van der Waals surface area contributed by atoms with Gasteiger partial charge < -0.3 is 14.8 Å². The zero-order chi connectivity index (χ0) is 10.6. The molecular weight excluding hydrogens is 178 g/mol. The third-order valence-corrected chi connectivity index (χ3v) is 2.08.